The van der Waals surface area contributed by atoms with Gasteiger partial charge in [0.05, 0.1) is 15.6 Å². The molecule has 0 spiro atoms. The molecule has 0 amide bonds. The van der Waals surface area contributed by atoms with Crippen molar-refractivity contribution in [2.45, 2.75) is 24.3 Å². The summed E-state index contributed by atoms with van der Waals surface area (Å²) in [6.45, 7) is 2.88. The van der Waals surface area contributed by atoms with E-state index in [0.717, 1.165) is 0 Å². The van der Waals surface area contributed by atoms with Crippen molar-refractivity contribution >= 4 is 33.2 Å². The van der Waals surface area contributed by atoms with Gasteiger partial charge in [0.2, 0.25) is 10.0 Å². The van der Waals surface area contributed by atoms with Crippen LogP contribution in [0.1, 0.15) is 13.8 Å². The lowest BCUT2D eigenvalue weighted by molar-refractivity contribution is 0.0857. The minimum Gasteiger partial charge on any atom is -0.389 e. The molecule has 0 aromatic heterocycles. The van der Waals surface area contributed by atoms with E-state index < -0.39 is 15.6 Å². The molecule has 1 aromatic carbocycles. The molecule has 0 saturated carbocycles. The van der Waals surface area contributed by atoms with Gasteiger partial charge in [0, 0.05) is 6.54 Å². The summed E-state index contributed by atoms with van der Waals surface area (Å²) in [7, 11) is -3.77. The van der Waals surface area contributed by atoms with E-state index in [0.29, 0.717) is 0 Å². The SMILES string of the molecule is CC(C)(O)CNS(=O)(=O)c1cccc(Cl)c1Cl. The Kier molecular flexibility index (Phi) is 4.43. The van der Waals surface area contributed by atoms with Crippen molar-refractivity contribution in [3.63, 3.8) is 0 Å². The molecule has 0 radical (unpaired) electrons. The van der Waals surface area contributed by atoms with Crippen molar-refractivity contribution in [2.24, 2.45) is 0 Å². The molecule has 2 N–H and O–H groups in total. The highest BCUT2D eigenvalue weighted by Gasteiger charge is 2.22. The fraction of sp³-hybridized carbons (Fsp3) is 0.400. The Morgan fingerprint density at radius 3 is 2.47 bits per heavy atom. The molecule has 96 valence electrons. The van der Waals surface area contributed by atoms with Gasteiger partial charge in [-0.15, -0.1) is 0 Å². The van der Waals surface area contributed by atoms with Gasteiger partial charge in [-0.3, -0.25) is 0 Å². The Hall–Kier alpha value is -0.330. The van der Waals surface area contributed by atoms with Gasteiger partial charge >= 0.3 is 0 Å². The monoisotopic (exact) mass is 297 g/mol. The summed E-state index contributed by atoms with van der Waals surface area (Å²) in [6, 6.07) is 4.34. The number of halogens is 2. The summed E-state index contributed by atoms with van der Waals surface area (Å²) >= 11 is 11.6. The Morgan fingerprint density at radius 2 is 1.94 bits per heavy atom. The first-order valence-electron chi connectivity index (χ1n) is 4.79. The van der Waals surface area contributed by atoms with E-state index in [-0.39, 0.29) is 21.5 Å². The summed E-state index contributed by atoms with van der Waals surface area (Å²) < 4.78 is 26.0. The highest BCUT2D eigenvalue weighted by Crippen LogP contribution is 2.28. The van der Waals surface area contributed by atoms with Crippen molar-refractivity contribution in [2.75, 3.05) is 6.54 Å². The Bertz CT molecular complexity index is 509. The van der Waals surface area contributed by atoms with Crippen molar-refractivity contribution < 1.29 is 13.5 Å². The Morgan fingerprint density at radius 1 is 1.35 bits per heavy atom. The summed E-state index contributed by atoms with van der Waals surface area (Å²) in [5.41, 5.74) is -1.14. The first-order valence-corrected chi connectivity index (χ1v) is 7.03. The second-order valence-electron chi connectivity index (χ2n) is 4.19. The van der Waals surface area contributed by atoms with Crippen LogP contribution in [0.15, 0.2) is 23.1 Å². The normalized spacial score (nSPS) is 12.8. The van der Waals surface area contributed by atoms with E-state index in [1.54, 1.807) is 0 Å². The summed E-state index contributed by atoms with van der Waals surface area (Å²) in [5, 5.41) is 9.60. The van der Waals surface area contributed by atoms with Crippen LogP contribution in [-0.2, 0) is 10.0 Å². The van der Waals surface area contributed by atoms with Crippen molar-refractivity contribution in [1.29, 1.82) is 0 Å². The van der Waals surface area contributed by atoms with Crippen LogP contribution in [0.3, 0.4) is 0 Å². The van der Waals surface area contributed by atoms with E-state index in [1.807, 2.05) is 0 Å². The van der Waals surface area contributed by atoms with Crippen LogP contribution in [0.25, 0.3) is 0 Å². The lowest BCUT2D eigenvalue weighted by Gasteiger charge is -2.18. The van der Waals surface area contributed by atoms with Crippen molar-refractivity contribution in [1.82, 2.24) is 4.72 Å². The summed E-state index contributed by atoms with van der Waals surface area (Å²) in [5.74, 6) is 0. The maximum absolute atomic E-state index is 11.9. The van der Waals surface area contributed by atoms with Crippen LogP contribution in [0.4, 0.5) is 0 Å². The molecule has 0 aliphatic rings. The molecule has 4 nitrogen and oxygen atoms in total. The van der Waals surface area contributed by atoms with Crippen molar-refractivity contribution in [3.8, 4) is 0 Å². The topological polar surface area (TPSA) is 66.4 Å². The molecule has 0 bridgehead atoms. The lowest BCUT2D eigenvalue weighted by atomic mass is 10.1. The van der Waals surface area contributed by atoms with E-state index >= 15 is 0 Å². The molecule has 0 fully saturated rings. The molecule has 1 rings (SSSR count). The van der Waals surface area contributed by atoms with Gasteiger partial charge < -0.3 is 5.11 Å². The quantitative estimate of drug-likeness (QED) is 0.894. The van der Waals surface area contributed by atoms with Crippen LogP contribution >= 0.6 is 23.2 Å². The number of nitrogens with one attached hydrogen (secondary N) is 1. The fourth-order valence-electron chi connectivity index (χ4n) is 1.04. The van der Waals surface area contributed by atoms with Crippen LogP contribution in [0.2, 0.25) is 10.0 Å². The molecular formula is C10H13Cl2NO3S. The third kappa shape index (κ3) is 4.12. The van der Waals surface area contributed by atoms with Gasteiger partial charge in [-0.05, 0) is 26.0 Å². The molecule has 1 aromatic rings. The molecule has 0 unspecified atom stereocenters. The summed E-state index contributed by atoms with van der Waals surface area (Å²) in [6.07, 6.45) is 0. The molecular weight excluding hydrogens is 285 g/mol. The maximum atomic E-state index is 11.9. The molecule has 0 saturated heterocycles. The van der Waals surface area contributed by atoms with Crippen LogP contribution < -0.4 is 4.72 Å². The number of rotatable bonds is 4. The second kappa shape index (κ2) is 5.12. The van der Waals surface area contributed by atoms with Crippen LogP contribution in [0.5, 0.6) is 0 Å². The zero-order valence-corrected chi connectivity index (χ0v) is 11.7. The van der Waals surface area contributed by atoms with E-state index in [2.05, 4.69) is 4.72 Å². The first kappa shape index (κ1) is 14.7. The third-order valence-electron chi connectivity index (χ3n) is 1.90. The largest absolute Gasteiger partial charge is 0.389 e. The minimum absolute atomic E-state index is 0.0302. The van der Waals surface area contributed by atoms with Gasteiger partial charge in [-0.25, -0.2) is 13.1 Å². The minimum atomic E-state index is -3.77. The fourth-order valence-corrected chi connectivity index (χ4v) is 3.00. The predicted molar refractivity (Wildman–Crippen MR) is 67.9 cm³/mol. The van der Waals surface area contributed by atoms with Gasteiger partial charge in [0.1, 0.15) is 4.90 Å². The molecule has 7 heteroatoms. The average molecular weight is 298 g/mol. The second-order valence-corrected chi connectivity index (χ2v) is 6.71. The zero-order valence-electron chi connectivity index (χ0n) is 9.37. The Labute approximate surface area is 111 Å². The number of hydrogen-bond acceptors (Lipinski definition) is 3. The van der Waals surface area contributed by atoms with E-state index in [4.69, 9.17) is 23.2 Å². The highest BCUT2D eigenvalue weighted by atomic mass is 35.5. The number of sulfonamides is 1. The Balaban J connectivity index is 3.02. The molecule has 0 heterocycles. The average Bonchev–Trinajstić information content (AvgIpc) is 2.18. The number of aliphatic hydroxyl groups is 1. The highest BCUT2D eigenvalue weighted by molar-refractivity contribution is 7.89. The molecule has 0 atom stereocenters. The standard InChI is InChI=1S/C10H13Cl2NO3S/c1-10(2,14)6-13-17(15,16)8-5-3-4-7(11)9(8)12/h3-5,13-14H,6H2,1-2H3. The van der Waals surface area contributed by atoms with Gasteiger partial charge in [-0.2, -0.15) is 0 Å². The zero-order chi connectivity index (χ0) is 13.3. The number of hydrogen-bond donors (Lipinski definition) is 2. The van der Waals surface area contributed by atoms with E-state index in [1.165, 1.54) is 32.0 Å². The van der Waals surface area contributed by atoms with Crippen molar-refractivity contribution in [3.05, 3.63) is 28.2 Å². The predicted octanol–water partition coefficient (Wildman–Crippen LogP) is 2.04. The molecule has 0 aliphatic heterocycles. The third-order valence-corrected chi connectivity index (χ3v) is 4.28. The van der Waals surface area contributed by atoms with Crippen LogP contribution in [0, 0.1) is 0 Å². The maximum Gasteiger partial charge on any atom is 0.242 e. The number of benzene rings is 1. The van der Waals surface area contributed by atoms with E-state index in [9.17, 15) is 13.5 Å². The smallest absolute Gasteiger partial charge is 0.242 e. The summed E-state index contributed by atoms with van der Waals surface area (Å²) in [4.78, 5) is -0.101. The molecule has 17 heavy (non-hydrogen) atoms. The van der Waals surface area contributed by atoms with Gasteiger partial charge in [0.25, 0.3) is 0 Å². The van der Waals surface area contributed by atoms with Gasteiger partial charge in [0.15, 0.2) is 0 Å². The van der Waals surface area contributed by atoms with Crippen LogP contribution in [-0.4, -0.2) is 25.7 Å². The lowest BCUT2D eigenvalue weighted by Crippen LogP contribution is -2.38. The first-order chi connectivity index (χ1) is 7.63. The molecule has 0 aliphatic carbocycles. The van der Waals surface area contributed by atoms with Gasteiger partial charge in [-0.1, -0.05) is 29.3 Å².